The Kier molecular flexibility index (Phi) is 12.5. The number of benzene rings is 1. The minimum atomic E-state index is 0. The molecule has 1 aromatic carbocycles. The quantitative estimate of drug-likeness (QED) is 0.598. The van der Waals surface area contributed by atoms with Crippen LogP contribution in [0.1, 0.15) is 13.3 Å². The number of ether oxygens (including phenoxy) is 2. The van der Waals surface area contributed by atoms with Crippen LogP contribution < -0.4 is 20.5 Å². The first-order valence-corrected chi connectivity index (χ1v) is 5.52. The fourth-order valence-corrected chi connectivity index (χ4v) is 1.29. The Morgan fingerprint density at radius 2 is 1.83 bits per heavy atom. The van der Waals surface area contributed by atoms with Gasteiger partial charge in [0.15, 0.2) is 11.5 Å². The van der Waals surface area contributed by atoms with E-state index in [-0.39, 0.29) is 31.0 Å². The van der Waals surface area contributed by atoms with E-state index in [0.29, 0.717) is 6.61 Å². The lowest BCUT2D eigenvalue weighted by atomic mass is 10.3. The zero-order valence-electron chi connectivity index (χ0n) is 10.7. The Balaban J connectivity index is 0. The summed E-state index contributed by atoms with van der Waals surface area (Å²) in [5, 5.41) is 3.15. The van der Waals surface area contributed by atoms with Crippen molar-refractivity contribution in [1.82, 2.24) is 5.32 Å². The van der Waals surface area contributed by atoms with Gasteiger partial charge < -0.3 is 15.2 Å². The SMILES string of the molecule is CCC(N)NCCOc1ccccc1OC.Cl.Cl. The lowest BCUT2D eigenvalue weighted by Crippen LogP contribution is -2.38. The molecule has 0 fully saturated rings. The van der Waals surface area contributed by atoms with Crippen molar-refractivity contribution in [2.45, 2.75) is 19.5 Å². The molecule has 0 radical (unpaired) electrons. The van der Waals surface area contributed by atoms with Gasteiger partial charge in [0.2, 0.25) is 0 Å². The Morgan fingerprint density at radius 1 is 1.22 bits per heavy atom. The first kappa shape index (κ1) is 19.7. The standard InChI is InChI=1S/C12H20N2O2.2ClH/c1-3-12(13)14-8-9-16-11-7-5-4-6-10(11)15-2;;/h4-7,12,14H,3,8-9,13H2,1-2H3;2*1H. The first-order valence-electron chi connectivity index (χ1n) is 5.52. The van der Waals surface area contributed by atoms with Gasteiger partial charge >= 0.3 is 0 Å². The van der Waals surface area contributed by atoms with Gasteiger partial charge in [-0.25, -0.2) is 0 Å². The normalized spacial score (nSPS) is 10.8. The molecule has 1 rings (SSSR count). The average molecular weight is 297 g/mol. The number of nitrogens with two attached hydrogens (primary N) is 1. The number of hydrogen-bond donors (Lipinski definition) is 2. The molecule has 106 valence electrons. The largest absolute Gasteiger partial charge is 0.493 e. The molecule has 18 heavy (non-hydrogen) atoms. The maximum atomic E-state index is 5.72. The predicted molar refractivity (Wildman–Crippen MR) is 79.3 cm³/mol. The Labute approximate surface area is 121 Å². The van der Waals surface area contributed by atoms with E-state index in [2.05, 4.69) is 5.32 Å². The fraction of sp³-hybridized carbons (Fsp3) is 0.500. The summed E-state index contributed by atoms with van der Waals surface area (Å²) in [6.45, 7) is 3.35. The van der Waals surface area contributed by atoms with Gasteiger partial charge in [-0.15, -0.1) is 24.8 Å². The van der Waals surface area contributed by atoms with Crippen molar-refractivity contribution in [3.8, 4) is 11.5 Å². The van der Waals surface area contributed by atoms with E-state index in [9.17, 15) is 0 Å². The van der Waals surface area contributed by atoms with Crippen LogP contribution in [0.2, 0.25) is 0 Å². The van der Waals surface area contributed by atoms with Gasteiger partial charge in [0, 0.05) is 6.54 Å². The molecule has 6 heteroatoms. The minimum Gasteiger partial charge on any atom is -0.493 e. The van der Waals surface area contributed by atoms with E-state index in [4.69, 9.17) is 15.2 Å². The second-order valence-corrected chi connectivity index (χ2v) is 3.47. The van der Waals surface area contributed by atoms with E-state index in [1.54, 1.807) is 7.11 Å². The number of rotatable bonds is 7. The maximum absolute atomic E-state index is 5.72. The summed E-state index contributed by atoms with van der Waals surface area (Å²) >= 11 is 0. The van der Waals surface area contributed by atoms with E-state index in [1.165, 1.54) is 0 Å². The summed E-state index contributed by atoms with van der Waals surface area (Å²) in [5.41, 5.74) is 5.72. The summed E-state index contributed by atoms with van der Waals surface area (Å²) in [6.07, 6.45) is 0.954. The van der Waals surface area contributed by atoms with E-state index in [1.807, 2.05) is 31.2 Å². The lowest BCUT2D eigenvalue weighted by molar-refractivity contribution is 0.285. The molecule has 0 aliphatic carbocycles. The van der Waals surface area contributed by atoms with Gasteiger partial charge in [0.1, 0.15) is 6.61 Å². The molecule has 0 aromatic heterocycles. The molecular formula is C12H22Cl2N2O2. The molecule has 0 heterocycles. The van der Waals surface area contributed by atoms with Crippen LogP contribution in [0.3, 0.4) is 0 Å². The molecule has 4 nitrogen and oxygen atoms in total. The van der Waals surface area contributed by atoms with Crippen LogP contribution >= 0.6 is 24.8 Å². The second kappa shape index (κ2) is 11.4. The van der Waals surface area contributed by atoms with Crippen LogP contribution in [-0.4, -0.2) is 26.4 Å². The molecule has 0 saturated carbocycles. The second-order valence-electron chi connectivity index (χ2n) is 3.47. The molecule has 0 spiro atoms. The third-order valence-corrected chi connectivity index (χ3v) is 2.28. The van der Waals surface area contributed by atoms with Gasteiger partial charge in [-0.3, -0.25) is 5.32 Å². The predicted octanol–water partition coefficient (Wildman–Crippen LogP) is 2.20. The lowest BCUT2D eigenvalue weighted by Gasteiger charge is -2.13. The van der Waals surface area contributed by atoms with E-state index >= 15 is 0 Å². The van der Waals surface area contributed by atoms with Crippen molar-refractivity contribution in [2.75, 3.05) is 20.3 Å². The smallest absolute Gasteiger partial charge is 0.161 e. The molecule has 1 aromatic rings. The number of nitrogens with one attached hydrogen (secondary N) is 1. The highest BCUT2D eigenvalue weighted by molar-refractivity contribution is 5.85. The number of halogens is 2. The Bertz CT molecular complexity index is 314. The highest BCUT2D eigenvalue weighted by atomic mass is 35.5. The highest BCUT2D eigenvalue weighted by Gasteiger charge is 2.02. The van der Waals surface area contributed by atoms with Crippen molar-refractivity contribution >= 4 is 24.8 Å². The summed E-state index contributed by atoms with van der Waals surface area (Å²) < 4.78 is 10.8. The van der Waals surface area contributed by atoms with Crippen molar-refractivity contribution in [3.63, 3.8) is 0 Å². The number of para-hydroxylation sites is 2. The summed E-state index contributed by atoms with van der Waals surface area (Å²) in [5.74, 6) is 1.51. The molecule has 0 bridgehead atoms. The van der Waals surface area contributed by atoms with Gasteiger partial charge in [-0.1, -0.05) is 19.1 Å². The maximum Gasteiger partial charge on any atom is 0.161 e. The molecule has 0 saturated heterocycles. The summed E-state index contributed by atoms with van der Waals surface area (Å²) in [4.78, 5) is 0. The van der Waals surface area contributed by atoms with Crippen LogP contribution in [-0.2, 0) is 0 Å². The molecule has 0 aliphatic rings. The van der Waals surface area contributed by atoms with Crippen molar-refractivity contribution < 1.29 is 9.47 Å². The molecule has 1 atom stereocenters. The number of hydrogen-bond acceptors (Lipinski definition) is 4. The fourth-order valence-electron chi connectivity index (χ4n) is 1.29. The van der Waals surface area contributed by atoms with Crippen LogP contribution in [0.4, 0.5) is 0 Å². The van der Waals surface area contributed by atoms with Gasteiger partial charge in [-0.2, -0.15) is 0 Å². The van der Waals surface area contributed by atoms with Gasteiger partial charge in [0.25, 0.3) is 0 Å². The van der Waals surface area contributed by atoms with Crippen LogP contribution in [0, 0.1) is 0 Å². The summed E-state index contributed by atoms with van der Waals surface area (Å²) in [7, 11) is 1.63. The first-order chi connectivity index (χ1) is 7.77. The molecule has 0 aliphatic heterocycles. The highest BCUT2D eigenvalue weighted by Crippen LogP contribution is 2.25. The van der Waals surface area contributed by atoms with Crippen LogP contribution in [0.5, 0.6) is 11.5 Å². The van der Waals surface area contributed by atoms with Crippen molar-refractivity contribution in [3.05, 3.63) is 24.3 Å². The molecule has 1 unspecified atom stereocenters. The van der Waals surface area contributed by atoms with Crippen molar-refractivity contribution in [2.24, 2.45) is 5.73 Å². The Morgan fingerprint density at radius 3 is 2.39 bits per heavy atom. The van der Waals surface area contributed by atoms with Crippen molar-refractivity contribution in [1.29, 1.82) is 0 Å². The molecule has 3 N–H and O–H groups in total. The zero-order valence-corrected chi connectivity index (χ0v) is 12.4. The van der Waals surface area contributed by atoms with Gasteiger partial charge in [0.05, 0.1) is 13.3 Å². The third kappa shape index (κ3) is 6.91. The Hall–Kier alpha value is -0.680. The third-order valence-electron chi connectivity index (χ3n) is 2.28. The van der Waals surface area contributed by atoms with Crippen LogP contribution in [0.25, 0.3) is 0 Å². The monoisotopic (exact) mass is 296 g/mol. The number of methoxy groups -OCH3 is 1. The average Bonchev–Trinajstić information content (AvgIpc) is 2.34. The zero-order chi connectivity index (χ0) is 11.8. The van der Waals surface area contributed by atoms with E-state index in [0.717, 1.165) is 24.5 Å². The van der Waals surface area contributed by atoms with E-state index < -0.39 is 0 Å². The topological polar surface area (TPSA) is 56.5 Å². The molecule has 0 amide bonds. The van der Waals surface area contributed by atoms with Gasteiger partial charge in [-0.05, 0) is 18.6 Å². The molecular weight excluding hydrogens is 275 g/mol. The minimum absolute atomic E-state index is 0. The van der Waals surface area contributed by atoms with Crippen LogP contribution in [0.15, 0.2) is 24.3 Å². The summed E-state index contributed by atoms with van der Waals surface area (Å²) in [6, 6.07) is 7.60.